The number of rotatable bonds is 4. The van der Waals surface area contributed by atoms with Gasteiger partial charge in [0.1, 0.15) is 5.75 Å². The fourth-order valence-electron chi connectivity index (χ4n) is 3.45. The van der Waals surface area contributed by atoms with Gasteiger partial charge in [0.25, 0.3) is 0 Å². The van der Waals surface area contributed by atoms with Crippen LogP contribution in [0.3, 0.4) is 0 Å². The molecule has 0 aliphatic carbocycles. The maximum Gasteiger partial charge on any atom is 0.387 e. The van der Waals surface area contributed by atoms with E-state index >= 15 is 0 Å². The van der Waals surface area contributed by atoms with E-state index in [0.717, 1.165) is 17.1 Å². The number of amides is 1. The molecule has 9 heteroatoms. The number of ether oxygens (including phenoxy) is 1. The SMILES string of the molecule is Cc1cc(N2CCN(c3cnn(C)c3)C(=O)C2)c2cc(OC(F)F)ccc2n1. The number of pyridine rings is 1. The van der Waals surface area contributed by atoms with E-state index in [1.54, 1.807) is 41.2 Å². The summed E-state index contributed by atoms with van der Waals surface area (Å²) < 4.78 is 31.4. The lowest BCUT2D eigenvalue weighted by Gasteiger charge is -2.35. The maximum atomic E-state index is 12.7. The summed E-state index contributed by atoms with van der Waals surface area (Å²) in [7, 11) is 1.80. The topological polar surface area (TPSA) is 63.5 Å². The molecule has 28 heavy (non-hydrogen) atoms. The predicted molar refractivity (Wildman–Crippen MR) is 101 cm³/mol. The van der Waals surface area contributed by atoms with Crippen LogP contribution in [-0.4, -0.2) is 46.9 Å². The highest BCUT2D eigenvalue weighted by atomic mass is 19.3. The Morgan fingerprint density at radius 1 is 1.21 bits per heavy atom. The van der Waals surface area contributed by atoms with Crippen LogP contribution < -0.4 is 14.5 Å². The molecule has 146 valence electrons. The third-order valence-electron chi connectivity index (χ3n) is 4.68. The van der Waals surface area contributed by atoms with Crippen molar-refractivity contribution in [1.29, 1.82) is 0 Å². The van der Waals surface area contributed by atoms with Crippen LogP contribution in [0.15, 0.2) is 36.7 Å². The van der Waals surface area contributed by atoms with Crippen molar-refractivity contribution in [2.75, 3.05) is 29.4 Å². The fourth-order valence-corrected chi connectivity index (χ4v) is 3.45. The number of halogens is 2. The van der Waals surface area contributed by atoms with E-state index in [1.165, 1.54) is 6.07 Å². The third kappa shape index (κ3) is 3.47. The van der Waals surface area contributed by atoms with Crippen molar-refractivity contribution in [3.63, 3.8) is 0 Å². The van der Waals surface area contributed by atoms with Crippen LogP contribution >= 0.6 is 0 Å². The van der Waals surface area contributed by atoms with Crippen LogP contribution in [0.1, 0.15) is 5.69 Å². The van der Waals surface area contributed by atoms with Crippen molar-refractivity contribution in [2.24, 2.45) is 7.05 Å². The Balaban J connectivity index is 1.66. The standard InChI is InChI=1S/C19H19F2N5O2/c1-12-7-17(15-8-14(28-19(20)21)3-4-16(15)23-12)25-5-6-26(18(27)11-25)13-9-22-24(2)10-13/h3-4,7-10,19H,5-6,11H2,1-2H3. The van der Waals surface area contributed by atoms with E-state index in [9.17, 15) is 13.6 Å². The van der Waals surface area contributed by atoms with Gasteiger partial charge in [-0.3, -0.25) is 14.5 Å². The second kappa shape index (κ2) is 7.06. The number of aryl methyl sites for hydroxylation is 2. The zero-order valence-electron chi connectivity index (χ0n) is 15.5. The summed E-state index contributed by atoms with van der Waals surface area (Å²) in [6, 6.07) is 6.52. The zero-order chi connectivity index (χ0) is 19.8. The molecule has 0 bridgehead atoms. The number of piperazine rings is 1. The van der Waals surface area contributed by atoms with Gasteiger partial charge in [-0.15, -0.1) is 0 Å². The summed E-state index contributed by atoms with van der Waals surface area (Å²) in [4.78, 5) is 20.8. The van der Waals surface area contributed by atoms with Crippen LogP contribution in [0.5, 0.6) is 5.75 Å². The molecule has 7 nitrogen and oxygen atoms in total. The van der Waals surface area contributed by atoms with E-state index in [2.05, 4.69) is 14.8 Å². The van der Waals surface area contributed by atoms with Gasteiger partial charge >= 0.3 is 6.61 Å². The molecular weight excluding hydrogens is 368 g/mol. The van der Waals surface area contributed by atoms with E-state index in [-0.39, 0.29) is 18.2 Å². The van der Waals surface area contributed by atoms with Gasteiger partial charge in [-0.1, -0.05) is 0 Å². The molecule has 1 fully saturated rings. The summed E-state index contributed by atoms with van der Waals surface area (Å²) in [5.41, 5.74) is 2.99. The Bertz CT molecular complexity index is 1040. The molecule has 3 heterocycles. The molecule has 0 saturated carbocycles. The first-order chi connectivity index (χ1) is 13.4. The first-order valence-corrected chi connectivity index (χ1v) is 8.81. The van der Waals surface area contributed by atoms with Crippen molar-refractivity contribution in [3.8, 4) is 5.75 Å². The minimum atomic E-state index is -2.90. The molecule has 2 aromatic heterocycles. The summed E-state index contributed by atoms with van der Waals surface area (Å²) >= 11 is 0. The average Bonchev–Trinajstić information content (AvgIpc) is 3.07. The minimum Gasteiger partial charge on any atom is -0.435 e. The lowest BCUT2D eigenvalue weighted by Crippen LogP contribution is -2.50. The second-order valence-electron chi connectivity index (χ2n) is 6.68. The summed E-state index contributed by atoms with van der Waals surface area (Å²) in [6.07, 6.45) is 3.46. The molecule has 4 rings (SSSR count). The molecule has 1 saturated heterocycles. The Morgan fingerprint density at radius 3 is 2.71 bits per heavy atom. The number of hydrogen-bond donors (Lipinski definition) is 0. The van der Waals surface area contributed by atoms with Crippen LogP contribution in [0.4, 0.5) is 20.2 Å². The second-order valence-corrected chi connectivity index (χ2v) is 6.68. The molecule has 0 radical (unpaired) electrons. The maximum absolute atomic E-state index is 12.7. The normalized spacial score (nSPS) is 15.0. The van der Waals surface area contributed by atoms with Gasteiger partial charge in [-0.05, 0) is 31.2 Å². The predicted octanol–water partition coefficient (Wildman–Crippen LogP) is 2.73. The Labute approximate surface area is 160 Å². The van der Waals surface area contributed by atoms with Crippen molar-refractivity contribution in [3.05, 3.63) is 42.4 Å². The summed E-state index contributed by atoms with van der Waals surface area (Å²) in [5, 5.41) is 4.79. The molecule has 0 atom stereocenters. The minimum absolute atomic E-state index is 0.0538. The smallest absolute Gasteiger partial charge is 0.387 e. The molecule has 1 aliphatic heterocycles. The monoisotopic (exact) mass is 387 g/mol. The van der Waals surface area contributed by atoms with Crippen molar-refractivity contribution in [2.45, 2.75) is 13.5 Å². The molecule has 0 unspecified atom stereocenters. The van der Waals surface area contributed by atoms with Gasteiger partial charge in [-0.2, -0.15) is 13.9 Å². The largest absolute Gasteiger partial charge is 0.435 e. The lowest BCUT2D eigenvalue weighted by molar-refractivity contribution is -0.117. The Hall–Kier alpha value is -3.23. The van der Waals surface area contributed by atoms with Gasteiger partial charge in [0.2, 0.25) is 5.91 Å². The Morgan fingerprint density at radius 2 is 2.04 bits per heavy atom. The van der Waals surface area contributed by atoms with Crippen LogP contribution in [0, 0.1) is 6.92 Å². The number of fused-ring (bicyclic) bond motifs is 1. The number of anilines is 2. The highest BCUT2D eigenvalue weighted by Crippen LogP contribution is 2.32. The van der Waals surface area contributed by atoms with Gasteiger partial charge in [-0.25, -0.2) is 0 Å². The molecular formula is C19H19F2N5O2. The number of benzene rings is 1. The lowest BCUT2D eigenvalue weighted by atomic mass is 10.1. The molecule has 1 aromatic carbocycles. The number of carbonyl (C=O) groups excluding carboxylic acids is 1. The molecule has 3 aromatic rings. The van der Waals surface area contributed by atoms with Gasteiger partial charge in [0.05, 0.1) is 23.9 Å². The van der Waals surface area contributed by atoms with Crippen molar-refractivity contribution < 1.29 is 18.3 Å². The number of hydrogen-bond acceptors (Lipinski definition) is 5. The van der Waals surface area contributed by atoms with Crippen molar-refractivity contribution in [1.82, 2.24) is 14.8 Å². The molecule has 0 spiro atoms. The number of nitrogens with zero attached hydrogens (tertiary/aromatic N) is 5. The quantitative estimate of drug-likeness (QED) is 0.689. The highest BCUT2D eigenvalue weighted by molar-refractivity contribution is 6.00. The van der Waals surface area contributed by atoms with Crippen LogP contribution in [0.25, 0.3) is 10.9 Å². The number of carbonyl (C=O) groups is 1. The molecule has 0 N–H and O–H groups in total. The highest BCUT2D eigenvalue weighted by Gasteiger charge is 2.27. The van der Waals surface area contributed by atoms with Gasteiger partial charge < -0.3 is 14.5 Å². The Kier molecular flexibility index (Phi) is 4.58. The number of aromatic nitrogens is 3. The molecule has 1 amide bonds. The van der Waals surface area contributed by atoms with Gasteiger partial charge in [0, 0.05) is 43.1 Å². The van der Waals surface area contributed by atoms with Crippen molar-refractivity contribution >= 4 is 28.2 Å². The molecule has 1 aliphatic rings. The summed E-state index contributed by atoms with van der Waals surface area (Å²) in [6.45, 7) is 0.233. The van der Waals surface area contributed by atoms with E-state index in [0.29, 0.717) is 24.0 Å². The average molecular weight is 387 g/mol. The number of alkyl halides is 2. The van der Waals surface area contributed by atoms with E-state index < -0.39 is 6.61 Å². The van der Waals surface area contributed by atoms with Crippen LogP contribution in [0.2, 0.25) is 0 Å². The van der Waals surface area contributed by atoms with E-state index in [4.69, 9.17) is 0 Å². The first-order valence-electron chi connectivity index (χ1n) is 8.81. The van der Waals surface area contributed by atoms with Crippen LogP contribution in [-0.2, 0) is 11.8 Å². The van der Waals surface area contributed by atoms with E-state index in [1.807, 2.05) is 17.9 Å². The zero-order valence-corrected chi connectivity index (χ0v) is 15.5. The van der Waals surface area contributed by atoms with Gasteiger partial charge in [0.15, 0.2) is 0 Å². The first kappa shape index (κ1) is 18.1. The third-order valence-corrected chi connectivity index (χ3v) is 4.68. The summed E-state index contributed by atoms with van der Waals surface area (Å²) in [5.74, 6) is 0.0107. The fraction of sp³-hybridized carbons (Fsp3) is 0.316.